The maximum absolute atomic E-state index is 9.97. The minimum Gasteiger partial charge on any atom is -0.467 e. The number of hydrogen-bond donors (Lipinski definition) is 2. The molecule has 1 unspecified atom stereocenters. The SMILES string of the molecule is Cn1cc(CNCC(O)c2ccco2)c(-c2cccs2)n1. The smallest absolute Gasteiger partial charge is 0.133 e. The molecule has 0 saturated heterocycles. The van der Waals surface area contributed by atoms with Gasteiger partial charge in [-0.15, -0.1) is 11.3 Å². The van der Waals surface area contributed by atoms with Crippen molar-refractivity contribution in [3.63, 3.8) is 0 Å². The van der Waals surface area contributed by atoms with Crippen LogP contribution in [-0.4, -0.2) is 21.4 Å². The number of nitrogens with one attached hydrogen (secondary N) is 1. The lowest BCUT2D eigenvalue weighted by Gasteiger charge is -2.09. The molecule has 0 aliphatic rings. The van der Waals surface area contributed by atoms with Crippen molar-refractivity contribution in [2.24, 2.45) is 7.05 Å². The maximum atomic E-state index is 9.97. The van der Waals surface area contributed by atoms with Gasteiger partial charge in [-0.25, -0.2) is 0 Å². The molecule has 3 aromatic heterocycles. The molecule has 0 aliphatic carbocycles. The standard InChI is InChI=1S/C15H17N3O2S/c1-18-10-11(15(17-18)14-5-3-7-21-14)8-16-9-12(19)13-4-2-6-20-13/h2-7,10,12,16,19H,8-9H2,1H3. The molecule has 5 nitrogen and oxygen atoms in total. The van der Waals surface area contributed by atoms with Crippen molar-refractivity contribution in [1.29, 1.82) is 0 Å². The Morgan fingerprint density at radius 1 is 1.43 bits per heavy atom. The first kappa shape index (κ1) is 14.1. The van der Waals surface area contributed by atoms with Crippen molar-refractivity contribution >= 4 is 11.3 Å². The van der Waals surface area contributed by atoms with E-state index in [4.69, 9.17) is 4.42 Å². The van der Waals surface area contributed by atoms with Crippen molar-refractivity contribution in [2.75, 3.05) is 6.54 Å². The fraction of sp³-hybridized carbons (Fsp3) is 0.267. The molecule has 1 atom stereocenters. The molecule has 2 N–H and O–H groups in total. The Morgan fingerprint density at radius 3 is 3.05 bits per heavy atom. The number of nitrogens with zero attached hydrogens (tertiary/aromatic N) is 2. The summed E-state index contributed by atoms with van der Waals surface area (Å²) < 4.78 is 6.99. The second-order valence-electron chi connectivity index (χ2n) is 4.82. The zero-order chi connectivity index (χ0) is 14.7. The van der Waals surface area contributed by atoms with Crippen LogP contribution in [0.25, 0.3) is 10.6 Å². The van der Waals surface area contributed by atoms with Gasteiger partial charge in [0, 0.05) is 31.9 Å². The number of aryl methyl sites for hydroxylation is 1. The summed E-state index contributed by atoms with van der Waals surface area (Å²) in [5, 5.41) is 19.8. The van der Waals surface area contributed by atoms with Crippen LogP contribution in [0.3, 0.4) is 0 Å². The topological polar surface area (TPSA) is 63.2 Å². The third-order valence-electron chi connectivity index (χ3n) is 3.18. The summed E-state index contributed by atoms with van der Waals surface area (Å²) in [5.41, 5.74) is 2.11. The Bertz CT molecular complexity index is 674. The number of furan rings is 1. The predicted octanol–water partition coefficient (Wildman–Crippen LogP) is 2.56. The van der Waals surface area contributed by atoms with Crippen LogP contribution in [-0.2, 0) is 13.6 Å². The average molecular weight is 303 g/mol. The highest BCUT2D eigenvalue weighted by molar-refractivity contribution is 7.13. The first-order chi connectivity index (χ1) is 10.2. The van der Waals surface area contributed by atoms with Gasteiger partial charge in [-0.2, -0.15) is 5.10 Å². The van der Waals surface area contributed by atoms with Gasteiger partial charge < -0.3 is 14.8 Å². The van der Waals surface area contributed by atoms with Crippen LogP contribution in [0.1, 0.15) is 17.4 Å². The molecule has 3 rings (SSSR count). The van der Waals surface area contributed by atoms with Crippen molar-refractivity contribution in [2.45, 2.75) is 12.6 Å². The van der Waals surface area contributed by atoms with Gasteiger partial charge in [0.15, 0.2) is 0 Å². The summed E-state index contributed by atoms with van der Waals surface area (Å²) >= 11 is 1.67. The Hall–Kier alpha value is -1.89. The normalized spacial score (nSPS) is 12.7. The highest BCUT2D eigenvalue weighted by Gasteiger charge is 2.13. The Labute approximate surface area is 126 Å². The van der Waals surface area contributed by atoms with E-state index >= 15 is 0 Å². The quantitative estimate of drug-likeness (QED) is 0.734. The zero-order valence-corrected chi connectivity index (χ0v) is 12.5. The third-order valence-corrected chi connectivity index (χ3v) is 4.06. The molecular weight excluding hydrogens is 286 g/mol. The fourth-order valence-electron chi connectivity index (χ4n) is 2.21. The molecule has 0 amide bonds. The molecule has 0 spiro atoms. The Kier molecular flexibility index (Phi) is 4.19. The van der Waals surface area contributed by atoms with Gasteiger partial charge in [0.25, 0.3) is 0 Å². The molecule has 0 bridgehead atoms. The van der Waals surface area contributed by atoms with Crippen molar-refractivity contribution < 1.29 is 9.52 Å². The summed E-state index contributed by atoms with van der Waals surface area (Å²) in [7, 11) is 1.91. The van der Waals surface area contributed by atoms with Crippen LogP contribution < -0.4 is 5.32 Å². The number of hydrogen-bond acceptors (Lipinski definition) is 5. The third kappa shape index (κ3) is 3.24. The lowest BCUT2D eigenvalue weighted by Crippen LogP contribution is -2.20. The van der Waals surface area contributed by atoms with Crippen LogP contribution in [0.5, 0.6) is 0 Å². The number of rotatable bonds is 6. The molecule has 3 aromatic rings. The van der Waals surface area contributed by atoms with Gasteiger partial charge in [0.1, 0.15) is 17.6 Å². The van der Waals surface area contributed by atoms with Crippen LogP contribution in [0.15, 0.2) is 46.5 Å². The van der Waals surface area contributed by atoms with Crippen LogP contribution in [0.4, 0.5) is 0 Å². The maximum Gasteiger partial charge on any atom is 0.133 e. The number of aliphatic hydroxyl groups excluding tert-OH is 1. The molecule has 0 saturated carbocycles. The zero-order valence-electron chi connectivity index (χ0n) is 11.7. The minimum absolute atomic E-state index is 0.437. The molecule has 21 heavy (non-hydrogen) atoms. The summed E-state index contributed by atoms with van der Waals surface area (Å²) in [4.78, 5) is 1.15. The number of aliphatic hydroxyl groups is 1. The molecular formula is C15H17N3O2S. The molecule has 0 aliphatic heterocycles. The largest absolute Gasteiger partial charge is 0.467 e. The van der Waals surface area contributed by atoms with E-state index in [9.17, 15) is 5.11 Å². The second-order valence-corrected chi connectivity index (χ2v) is 5.76. The second kappa shape index (κ2) is 6.26. The predicted molar refractivity (Wildman–Crippen MR) is 81.9 cm³/mol. The van der Waals surface area contributed by atoms with Gasteiger partial charge in [-0.05, 0) is 23.6 Å². The van der Waals surface area contributed by atoms with E-state index in [2.05, 4.69) is 16.5 Å². The minimum atomic E-state index is -0.637. The molecule has 0 aromatic carbocycles. The van der Waals surface area contributed by atoms with Crippen LogP contribution >= 0.6 is 11.3 Å². The molecule has 6 heteroatoms. The highest BCUT2D eigenvalue weighted by atomic mass is 32.1. The van der Waals surface area contributed by atoms with Gasteiger partial charge in [-0.3, -0.25) is 4.68 Å². The summed E-state index contributed by atoms with van der Waals surface area (Å²) in [6, 6.07) is 7.63. The summed E-state index contributed by atoms with van der Waals surface area (Å²) in [6.07, 6.45) is 2.93. The van der Waals surface area contributed by atoms with Crippen LogP contribution in [0.2, 0.25) is 0 Å². The van der Waals surface area contributed by atoms with E-state index in [0.717, 1.165) is 16.1 Å². The lowest BCUT2D eigenvalue weighted by atomic mass is 10.2. The van der Waals surface area contributed by atoms with Gasteiger partial charge in [0.2, 0.25) is 0 Å². The van der Waals surface area contributed by atoms with E-state index < -0.39 is 6.10 Å². The van der Waals surface area contributed by atoms with Gasteiger partial charge in [-0.1, -0.05) is 6.07 Å². The first-order valence-electron chi connectivity index (χ1n) is 6.72. The van der Waals surface area contributed by atoms with Crippen LogP contribution in [0, 0.1) is 0 Å². The number of aromatic nitrogens is 2. The van der Waals surface area contributed by atoms with E-state index in [1.165, 1.54) is 0 Å². The Balaban J connectivity index is 1.63. The molecule has 3 heterocycles. The van der Waals surface area contributed by atoms with E-state index in [0.29, 0.717) is 18.8 Å². The van der Waals surface area contributed by atoms with Gasteiger partial charge >= 0.3 is 0 Å². The molecule has 110 valence electrons. The van der Waals surface area contributed by atoms with Crippen molar-refractivity contribution in [1.82, 2.24) is 15.1 Å². The van der Waals surface area contributed by atoms with E-state index in [-0.39, 0.29) is 0 Å². The summed E-state index contributed by atoms with van der Waals surface area (Å²) in [5.74, 6) is 0.576. The highest BCUT2D eigenvalue weighted by Crippen LogP contribution is 2.26. The number of thiophene rings is 1. The van der Waals surface area contributed by atoms with Crippen molar-refractivity contribution in [3.05, 3.63) is 53.4 Å². The molecule has 0 radical (unpaired) electrons. The molecule has 0 fully saturated rings. The fourth-order valence-corrected chi connectivity index (χ4v) is 2.96. The van der Waals surface area contributed by atoms with Gasteiger partial charge in [0.05, 0.1) is 11.1 Å². The summed E-state index contributed by atoms with van der Waals surface area (Å²) in [6.45, 7) is 1.09. The van der Waals surface area contributed by atoms with Crippen molar-refractivity contribution in [3.8, 4) is 10.6 Å². The van der Waals surface area contributed by atoms with E-state index in [1.807, 2.05) is 29.4 Å². The first-order valence-corrected chi connectivity index (χ1v) is 7.60. The average Bonchev–Trinajstić information content (AvgIpc) is 3.20. The van der Waals surface area contributed by atoms with E-state index in [1.54, 1.807) is 29.7 Å². The Morgan fingerprint density at radius 2 is 2.33 bits per heavy atom. The monoisotopic (exact) mass is 303 g/mol. The lowest BCUT2D eigenvalue weighted by molar-refractivity contribution is 0.147.